The molecule has 0 aliphatic carbocycles. The Labute approximate surface area is 161 Å². The number of amidine groups is 1. The summed E-state index contributed by atoms with van der Waals surface area (Å²) in [6.45, 7) is 5.58. The second kappa shape index (κ2) is 9.76. The van der Waals surface area contributed by atoms with Gasteiger partial charge >= 0.3 is 6.09 Å². The second-order valence-corrected chi connectivity index (χ2v) is 5.97. The molecule has 1 aromatic carbocycles. The highest BCUT2D eigenvalue weighted by molar-refractivity contribution is 5.99. The van der Waals surface area contributed by atoms with Crippen molar-refractivity contribution in [3.05, 3.63) is 29.6 Å². The Hall–Kier alpha value is -3.05. The smallest absolute Gasteiger partial charge is 0.414 e. The molecule has 0 spiro atoms. The van der Waals surface area contributed by atoms with E-state index >= 15 is 0 Å². The zero-order valence-corrected chi connectivity index (χ0v) is 15.7. The molecule has 1 atom stereocenters. The van der Waals surface area contributed by atoms with Gasteiger partial charge in [-0.2, -0.15) is 5.10 Å². The summed E-state index contributed by atoms with van der Waals surface area (Å²) in [5, 5.41) is 11.0. The number of cyclic esters (lactones) is 1. The lowest BCUT2D eigenvalue weighted by Crippen LogP contribution is -2.40. The highest BCUT2D eigenvalue weighted by Gasteiger charge is 2.33. The molecular formula is C17H23FN6O4. The van der Waals surface area contributed by atoms with Crippen LogP contribution >= 0.6 is 0 Å². The summed E-state index contributed by atoms with van der Waals surface area (Å²) in [4.78, 5) is 24.3. The van der Waals surface area contributed by atoms with Crippen molar-refractivity contribution in [1.29, 1.82) is 0 Å². The van der Waals surface area contributed by atoms with Crippen LogP contribution in [0.3, 0.4) is 0 Å². The fourth-order valence-corrected chi connectivity index (χ4v) is 2.58. The van der Waals surface area contributed by atoms with E-state index in [1.54, 1.807) is 6.07 Å². The van der Waals surface area contributed by atoms with Crippen LogP contribution in [0.1, 0.15) is 12.5 Å². The van der Waals surface area contributed by atoms with Crippen LogP contribution in [0, 0.1) is 5.82 Å². The first-order valence-electron chi connectivity index (χ1n) is 8.44. The molecule has 0 saturated carbocycles. The number of anilines is 1. The zero-order chi connectivity index (χ0) is 20.7. The molecule has 0 radical (unpaired) electrons. The molecule has 1 saturated heterocycles. The predicted molar refractivity (Wildman–Crippen MR) is 102 cm³/mol. The van der Waals surface area contributed by atoms with Gasteiger partial charge in [0.25, 0.3) is 0 Å². The molecule has 0 aromatic heterocycles. The van der Waals surface area contributed by atoms with E-state index in [0.29, 0.717) is 12.3 Å². The SMILES string of the molecule is C=N/N=C(/c1ccc(N2C[C@H](CNC(C)=O)OC2=O)cc1F)N(N)CCOC. The van der Waals surface area contributed by atoms with Gasteiger partial charge in [0.1, 0.15) is 11.9 Å². The summed E-state index contributed by atoms with van der Waals surface area (Å²) >= 11 is 0. The maximum atomic E-state index is 14.7. The highest BCUT2D eigenvalue weighted by atomic mass is 19.1. The average Bonchev–Trinajstić information content (AvgIpc) is 3.03. The minimum Gasteiger partial charge on any atom is -0.442 e. The van der Waals surface area contributed by atoms with Gasteiger partial charge in [0.2, 0.25) is 5.91 Å². The van der Waals surface area contributed by atoms with Crippen LogP contribution in [0.4, 0.5) is 14.9 Å². The van der Waals surface area contributed by atoms with Crippen molar-refractivity contribution in [1.82, 2.24) is 10.3 Å². The van der Waals surface area contributed by atoms with Gasteiger partial charge in [-0.1, -0.05) is 0 Å². The number of nitrogens with one attached hydrogen (secondary N) is 1. The lowest BCUT2D eigenvalue weighted by atomic mass is 10.1. The Balaban J connectivity index is 2.19. The van der Waals surface area contributed by atoms with Gasteiger partial charge in [-0.05, 0) is 18.2 Å². The van der Waals surface area contributed by atoms with Crippen LogP contribution in [0.25, 0.3) is 0 Å². The van der Waals surface area contributed by atoms with Crippen LogP contribution < -0.4 is 16.1 Å². The summed E-state index contributed by atoms with van der Waals surface area (Å²) in [6, 6.07) is 4.17. The molecule has 0 unspecified atom stereocenters. The van der Waals surface area contributed by atoms with Gasteiger partial charge in [-0.25, -0.2) is 15.0 Å². The Morgan fingerprint density at radius 2 is 2.32 bits per heavy atom. The number of carbonyl (C=O) groups is 2. The molecule has 2 amide bonds. The number of nitrogens with two attached hydrogens (primary N) is 1. The molecule has 1 aliphatic heterocycles. The number of rotatable bonds is 8. The molecule has 152 valence electrons. The van der Waals surface area contributed by atoms with Gasteiger partial charge in [0, 0.05) is 20.8 Å². The van der Waals surface area contributed by atoms with Crippen molar-refractivity contribution in [3.8, 4) is 0 Å². The first kappa shape index (κ1) is 21.3. The molecule has 3 N–H and O–H groups in total. The molecule has 0 bridgehead atoms. The number of hydrogen-bond donors (Lipinski definition) is 2. The third kappa shape index (κ3) is 5.24. The number of hydrazine groups is 1. The lowest BCUT2D eigenvalue weighted by Gasteiger charge is -2.21. The van der Waals surface area contributed by atoms with E-state index in [1.807, 2.05) is 0 Å². The first-order chi connectivity index (χ1) is 13.4. The number of ether oxygens (including phenoxy) is 2. The van der Waals surface area contributed by atoms with Crippen molar-refractivity contribution in [2.24, 2.45) is 16.0 Å². The maximum Gasteiger partial charge on any atom is 0.414 e. The van der Waals surface area contributed by atoms with Crippen LogP contribution in [-0.4, -0.2) is 69.0 Å². The quantitative estimate of drug-likeness (QED) is 0.286. The average molecular weight is 394 g/mol. The molecule has 2 rings (SSSR count). The van der Waals surface area contributed by atoms with Crippen LogP contribution in [-0.2, 0) is 14.3 Å². The number of methoxy groups -OCH3 is 1. The van der Waals surface area contributed by atoms with E-state index in [2.05, 4.69) is 22.2 Å². The minimum atomic E-state index is -0.647. The molecule has 1 heterocycles. The van der Waals surface area contributed by atoms with Crippen LogP contribution in [0.5, 0.6) is 0 Å². The van der Waals surface area contributed by atoms with Crippen molar-refractivity contribution in [2.45, 2.75) is 13.0 Å². The van der Waals surface area contributed by atoms with E-state index in [4.69, 9.17) is 15.3 Å². The normalized spacial score (nSPS) is 16.7. The molecule has 10 nitrogen and oxygen atoms in total. The third-order valence-electron chi connectivity index (χ3n) is 3.93. The first-order valence-corrected chi connectivity index (χ1v) is 8.44. The molecule has 1 fully saturated rings. The number of amides is 2. The van der Waals surface area contributed by atoms with Crippen molar-refractivity contribution >= 4 is 30.2 Å². The minimum absolute atomic E-state index is 0.0728. The molecule has 11 heteroatoms. The molecule has 1 aromatic rings. The zero-order valence-electron chi connectivity index (χ0n) is 15.7. The lowest BCUT2D eigenvalue weighted by molar-refractivity contribution is -0.119. The number of carbonyl (C=O) groups excluding carboxylic acids is 2. The molecule has 28 heavy (non-hydrogen) atoms. The summed E-state index contributed by atoms with van der Waals surface area (Å²) < 4.78 is 24.9. The third-order valence-corrected chi connectivity index (χ3v) is 3.93. The number of hydrogen-bond acceptors (Lipinski definition) is 7. The van der Waals surface area contributed by atoms with Crippen molar-refractivity contribution in [3.63, 3.8) is 0 Å². The number of halogens is 1. The van der Waals surface area contributed by atoms with E-state index < -0.39 is 18.0 Å². The summed E-state index contributed by atoms with van der Waals surface area (Å²) in [5.41, 5.74) is 0.403. The largest absolute Gasteiger partial charge is 0.442 e. The Morgan fingerprint density at radius 3 is 2.93 bits per heavy atom. The standard InChI is InChI=1S/C17H23FN6O4/c1-11(25)21-9-13-10-23(17(26)28-13)12-4-5-14(15(18)8-12)16(22-20-2)24(19)6-7-27-3/h4-5,8,13H,2,6-7,9-10,19H2,1,3H3,(H,21,25)/b22-16-/t13-/m0/s1. The summed E-state index contributed by atoms with van der Waals surface area (Å²) in [7, 11) is 1.51. The molecule has 1 aliphatic rings. The van der Waals surface area contributed by atoms with E-state index in [9.17, 15) is 14.0 Å². The predicted octanol–water partition coefficient (Wildman–Crippen LogP) is 0.471. The monoisotopic (exact) mass is 394 g/mol. The Morgan fingerprint density at radius 1 is 1.57 bits per heavy atom. The number of nitrogens with zero attached hydrogens (tertiary/aromatic N) is 4. The highest BCUT2D eigenvalue weighted by Crippen LogP contribution is 2.24. The van der Waals surface area contributed by atoms with E-state index in [0.717, 1.165) is 0 Å². The van der Waals surface area contributed by atoms with Crippen molar-refractivity contribution < 1.29 is 23.5 Å². The second-order valence-electron chi connectivity index (χ2n) is 5.97. The Bertz CT molecular complexity index is 772. The topological polar surface area (TPSA) is 122 Å². The maximum absolute atomic E-state index is 14.7. The van der Waals surface area contributed by atoms with Crippen LogP contribution in [0.2, 0.25) is 0 Å². The fraction of sp³-hybridized carbons (Fsp3) is 0.412. The van der Waals surface area contributed by atoms with Gasteiger partial charge in [-0.3, -0.25) is 14.7 Å². The van der Waals surface area contributed by atoms with Crippen LogP contribution in [0.15, 0.2) is 28.4 Å². The summed E-state index contributed by atoms with van der Waals surface area (Å²) in [5.74, 6) is 5.09. The molecular weight excluding hydrogens is 371 g/mol. The summed E-state index contributed by atoms with van der Waals surface area (Å²) in [6.07, 6.45) is -1.14. The van der Waals surface area contributed by atoms with E-state index in [1.165, 1.54) is 36.1 Å². The van der Waals surface area contributed by atoms with Gasteiger partial charge in [0.05, 0.1) is 37.5 Å². The fourth-order valence-electron chi connectivity index (χ4n) is 2.58. The number of benzene rings is 1. The van der Waals surface area contributed by atoms with E-state index in [-0.39, 0.29) is 36.9 Å². The van der Waals surface area contributed by atoms with Gasteiger partial charge in [0.15, 0.2) is 5.84 Å². The van der Waals surface area contributed by atoms with Gasteiger partial charge in [-0.15, -0.1) is 5.10 Å². The van der Waals surface area contributed by atoms with Gasteiger partial charge < -0.3 is 14.8 Å². The van der Waals surface area contributed by atoms with Crippen molar-refractivity contribution in [2.75, 3.05) is 38.3 Å². The Kier molecular flexibility index (Phi) is 7.41.